The maximum absolute atomic E-state index is 12.8. The fourth-order valence-electron chi connectivity index (χ4n) is 3.64. The summed E-state index contributed by atoms with van der Waals surface area (Å²) in [6.45, 7) is 8.14. The quantitative estimate of drug-likeness (QED) is 0.756. The molecule has 3 aromatic rings. The second-order valence-corrected chi connectivity index (χ2v) is 7.61. The number of nitrogens with one attached hydrogen (secondary N) is 1. The third-order valence-corrected chi connectivity index (χ3v) is 5.40. The van der Waals surface area contributed by atoms with Crippen molar-refractivity contribution >= 4 is 28.2 Å². The van der Waals surface area contributed by atoms with E-state index in [4.69, 9.17) is 0 Å². The number of carbonyl (C=O) groups excluding carboxylic acids is 1. The summed E-state index contributed by atoms with van der Waals surface area (Å²) >= 11 is 0. The van der Waals surface area contributed by atoms with Crippen LogP contribution >= 0.6 is 0 Å². The molecule has 0 radical (unpaired) electrons. The van der Waals surface area contributed by atoms with E-state index < -0.39 is 0 Å². The molecule has 1 N–H and O–H groups in total. The Kier molecular flexibility index (Phi) is 5.01. The molecule has 0 saturated carbocycles. The maximum Gasteiger partial charge on any atom is 0.257 e. The van der Waals surface area contributed by atoms with Crippen LogP contribution in [0.2, 0.25) is 0 Å². The number of rotatable bonds is 3. The number of hydrogen-bond donors (Lipinski definition) is 1. The number of fused-ring (bicyclic) bond motifs is 1. The lowest BCUT2D eigenvalue weighted by atomic mass is 10.1. The molecule has 5 nitrogen and oxygen atoms in total. The monoisotopic (exact) mass is 374 g/mol. The van der Waals surface area contributed by atoms with Crippen LogP contribution in [0.3, 0.4) is 0 Å². The van der Waals surface area contributed by atoms with Gasteiger partial charge in [-0.2, -0.15) is 0 Å². The number of carbonyl (C=O) groups is 1. The minimum atomic E-state index is -0.124. The zero-order valence-electron chi connectivity index (χ0n) is 16.7. The number of likely N-dealkylation sites (N-methyl/N-ethyl adjacent to an activating group) is 1. The highest BCUT2D eigenvalue weighted by Gasteiger charge is 2.15. The molecule has 28 heavy (non-hydrogen) atoms. The number of hydrogen-bond acceptors (Lipinski definition) is 4. The van der Waals surface area contributed by atoms with Crippen molar-refractivity contribution in [2.75, 3.05) is 43.4 Å². The highest BCUT2D eigenvalue weighted by Crippen LogP contribution is 2.22. The number of aryl methyl sites for hydroxylation is 2. The van der Waals surface area contributed by atoms with Gasteiger partial charge in [-0.15, -0.1) is 0 Å². The summed E-state index contributed by atoms with van der Waals surface area (Å²) in [7, 11) is 2.15. The summed E-state index contributed by atoms with van der Waals surface area (Å²) in [5.74, 6) is -0.124. The van der Waals surface area contributed by atoms with Gasteiger partial charge in [0.05, 0.1) is 16.8 Å². The summed E-state index contributed by atoms with van der Waals surface area (Å²) in [4.78, 5) is 22.1. The van der Waals surface area contributed by atoms with Crippen LogP contribution in [0.25, 0.3) is 10.9 Å². The van der Waals surface area contributed by atoms with E-state index in [1.165, 1.54) is 5.69 Å². The van der Waals surface area contributed by atoms with Crippen LogP contribution in [0, 0.1) is 13.8 Å². The number of anilines is 2. The largest absolute Gasteiger partial charge is 0.369 e. The molecule has 0 atom stereocenters. The molecule has 0 bridgehead atoms. The molecule has 5 heteroatoms. The zero-order valence-corrected chi connectivity index (χ0v) is 16.7. The SMILES string of the molecule is Cc1ccc2nc(C)c(C(=O)Nc3ccc(N4CCN(C)CC4)cc3)cc2c1. The van der Waals surface area contributed by atoms with Gasteiger partial charge in [-0.25, -0.2) is 0 Å². The van der Waals surface area contributed by atoms with Crippen molar-refractivity contribution in [3.63, 3.8) is 0 Å². The van der Waals surface area contributed by atoms with Crippen molar-refractivity contribution in [3.05, 3.63) is 65.4 Å². The van der Waals surface area contributed by atoms with Crippen molar-refractivity contribution in [2.45, 2.75) is 13.8 Å². The third-order valence-electron chi connectivity index (χ3n) is 5.40. The van der Waals surface area contributed by atoms with E-state index in [-0.39, 0.29) is 5.91 Å². The third kappa shape index (κ3) is 3.85. The minimum absolute atomic E-state index is 0.124. The highest BCUT2D eigenvalue weighted by atomic mass is 16.1. The van der Waals surface area contributed by atoms with Gasteiger partial charge in [-0.05, 0) is 63.4 Å². The molecule has 0 unspecified atom stereocenters. The van der Waals surface area contributed by atoms with Gasteiger partial charge in [0.2, 0.25) is 0 Å². The lowest BCUT2D eigenvalue weighted by molar-refractivity contribution is 0.102. The van der Waals surface area contributed by atoms with Crippen molar-refractivity contribution in [3.8, 4) is 0 Å². The fourth-order valence-corrected chi connectivity index (χ4v) is 3.64. The molecule has 4 rings (SSSR count). The topological polar surface area (TPSA) is 48.5 Å². The molecule has 2 heterocycles. The summed E-state index contributed by atoms with van der Waals surface area (Å²) in [6.07, 6.45) is 0. The summed E-state index contributed by atoms with van der Waals surface area (Å²) in [5, 5.41) is 4.00. The van der Waals surface area contributed by atoms with Gasteiger partial charge in [0.1, 0.15) is 0 Å². The van der Waals surface area contributed by atoms with Crippen molar-refractivity contribution in [1.29, 1.82) is 0 Å². The Morgan fingerprint density at radius 3 is 2.39 bits per heavy atom. The molecule has 1 aliphatic heterocycles. The van der Waals surface area contributed by atoms with Gasteiger partial charge in [0, 0.05) is 42.9 Å². The second kappa shape index (κ2) is 7.60. The predicted octanol–water partition coefficient (Wildman–Crippen LogP) is 3.86. The maximum atomic E-state index is 12.8. The standard InChI is InChI=1S/C23H26N4O/c1-16-4-9-22-18(14-16)15-21(17(2)24-22)23(28)25-19-5-7-20(8-6-19)27-12-10-26(3)11-13-27/h4-9,14-15H,10-13H2,1-3H3,(H,25,28). The van der Waals surface area contributed by atoms with Gasteiger partial charge < -0.3 is 15.1 Å². The lowest BCUT2D eigenvalue weighted by Crippen LogP contribution is -2.44. The first-order valence-corrected chi connectivity index (χ1v) is 9.72. The Morgan fingerprint density at radius 1 is 0.964 bits per heavy atom. The number of pyridine rings is 1. The van der Waals surface area contributed by atoms with Gasteiger partial charge >= 0.3 is 0 Å². The van der Waals surface area contributed by atoms with E-state index in [1.54, 1.807) is 0 Å². The Balaban J connectivity index is 1.50. The Morgan fingerprint density at radius 2 is 1.68 bits per heavy atom. The molecule has 1 aromatic heterocycles. The first-order chi connectivity index (χ1) is 13.5. The normalized spacial score (nSPS) is 15.0. The average molecular weight is 374 g/mol. The van der Waals surface area contributed by atoms with E-state index in [9.17, 15) is 4.79 Å². The number of benzene rings is 2. The zero-order chi connectivity index (χ0) is 19.7. The second-order valence-electron chi connectivity index (χ2n) is 7.61. The predicted molar refractivity (Wildman–Crippen MR) is 115 cm³/mol. The van der Waals surface area contributed by atoms with Crippen molar-refractivity contribution in [1.82, 2.24) is 9.88 Å². The lowest BCUT2D eigenvalue weighted by Gasteiger charge is -2.34. The van der Waals surface area contributed by atoms with Crippen LogP contribution < -0.4 is 10.2 Å². The van der Waals surface area contributed by atoms with Gasteiger partial charge in [-0.3, -0.25) is 9.78 Å². The molecular formula is C23H26N4O. The van der Waals surface area contributed by atoms with Crippen molar-refractivity contribution in [2.24, 2.45) is 0 Å². The van der Waals surface area contributed by atoms with Crippen LogP contribution in [-0.2, 0) is 0 Å². The first-order valence-electron chi connectivity index (χ1n) is 9.72. The summed E-state index contributed by atoms with van der Waals surface area (Å²) in [6, 6.07) is 16.1. The van der Waals surface area contributed by atoms with Gasteiger partial charge in [0.15, 0.2) is 0 Å². The van der Waals surface area contributed by atoms with E-state index in [0.29, 0.717) is 5.56 Å². The van der Waals surface area contributed by atoms with Crippen LogP contribution in [0.5, 0.6) is 0 Å². The van der Waals surface area contributed by atoms with Crippen LogP contribution in [0.4, 0.5) is 11.4 Å². The Bertz CT molecular complexity index is 1010. The van der Waals surface area contributed by atoms with E-state index in [0.717, 1.165) is 54.0 Å². The Labute approximate surface area is 166 Å². The molecule has 0 spiro atoms. The number of piperazine rings is 1. The van der Waals surface area contributed by atoms with Gasteiger partial charge in [-0.1, -0.05) is 11.6 Å². The van der Waals surface area contributed by atoms with E-state index >= 15 is 0 Å². The van der Waals surface area contributed by atoms with E-state index in [2.05, 4.69) is 45.3 Å². The number of aromatic nitrogens is 1. The van der Waals surface area contributed by atoms with E-state index in [1.807, 2.05) is 44.2 Å². The summed E-state index contributed by atoms with van der Waals surface area (Å²) < 4.78 is 0. The number of amides is 1. The molecule has 1 amide bonds. The molecule has 1 saturated heterocycles. The molecule has 1 aliphatic rings. The first kappa shape index (κ1) is 18.4. The molecule has 1 fully saturated rings. The summed E-state index contributed by atoms with van der Waals surface area (Å²) in [5.41, 5.74) is 5.42. The highest BCUT2D eigenvalue weighted by molar-refractivity contribution is 6.06. The average Bonchev–Trinajstić information content (AvgIpc) is 2.69. The molecular weight excluding hydrogens is 348 g/mol. The smallest absolute Gasteiger partial charge is 0.257 e. The Hall–Kier alpha value is -2.92. The minimum Gasteiger partial charge on any atom is -0.369 e. The van der Waals surface area contributed by atoms with Crippen molar-refractivity contribution < 1.29 is 4.79 Å². The number of nitrogens with zero attached hydrogens (tertiary/aromatic N) is 3. The van der Waals surface area contributed by atoms with Crippen LogP contribution in [0.15, 0.2) is 48.5 Å². The molecule has 2 aromatic carbocycles. The molecule has 144 valence electrons. The molecule has 0 aliphatic carbocycles. The van der Waals surface area contributed by atoms with Gasteiger partial charge in [0.25, 0.3) is 5.91 Å². The fraction of sp³-hybridized carbons (Fsp3) is 0.304. The van der Waals surface area contributed by atoms with Crippen LogP contribution in [-0.4, -0.2) is 49.0 Å². The van der Waals surface area contributed by atoms with Crippen LogP contribution in [0.1, 0.15) is 21.6 Å².